The molecule has 12 heteroatoms. The number of methoxy groups -OCH3 is 2. The average molecular weight is 572 g/mol. The highest BCUT2D eigenvalue weighted by atomic mass is 35.5. The SMILES string of the molecule is COc1ccc(C23CCC(NC(=O)N(C)c4ccc(Cl)cc4)CC2N(C)CC3)cc1OC.O=C(O)C(F)(F)F. The Labute approximate surface area is 230 Å². The van der Waals surface area contributed by atoms with E-state index in [9.17, 15) is 18.0 Å². The van der Waals surface area contributed by atoms with Crippen LogP contribution in [-0.4, -0.2) is 75.1 Å². The van der Waals surface area contributed by atoms with Gasteiger partial charge >= 0.3 is 18.2 Å². The first kappa shape index (κ1) is 30.4. The molecule has 3 atom stereocenters. The van der Waals surface area contributed by atoms with Crippen LogP contribution in [0.2, 0.25) is 5.02 Å². The van der Waals surface area contributed by atoms with E-state index in [2.05, 4.69) is 29.4 Å². The van der Waals surface area contributed by atoms with Crippen LogP contribution in [0.25, 0.3) is 0 Å². The summed E-state index contributed by atoms with van der Waals surface area (Å²) in [6.45, 7) is 1.05. The maximum absolute atomic E-state index is 12.9. The van der Waals surface area contributed by atoms with Crippen LogP contribution in [0.5, 0.6) is 11.5 Å². The fourth-order valence-electron chi connectivity index (χ4n) is 5.45. The third-order valence-electron chi connectivity index (χ3n) is 7.57. The summed E-state index contributed by atoms with van der Waals surface area (Å²) in [6, 6.07) is 14.0. The Morgan fingerprint density at radius 3 is 2.28 bits per heavy atom. The molecule has 3 unspecified atom stereocenters. The van der Waals surface area contributed by atoms with Gasteiger partial charge in [-0.25, -0.2) is 9.59 Å². The number of halogens is 4. The fourth-order valence-corrected chi connectivity index (χ4v) is 5.57. The summed E-state index contributed by atoms with van der Waals surface area (Å²) in [7, 11) is 7.33. The van der Waals surface area contributed by atoms with Crippen molar-refractivity contribution >= 4 is 29.3 Å². The van der Waals surface area contributed by atoms with Crippen LogP contribution < -0.4 is 19.7 Å². The molecular formula is C27H33ClF3N3O5. The zero-order valence-corrected chi connectivity index (χ0v) is 23.0. The summed E-state index contributed by atoms with van der Waals surface area (Å²) in [5.41, 5.74) is 2.19. The van der Waals surface area contributed by atoms with Crippen molar-refractivity contribution in [3.8, 4) is 11.5 Å². The average Bonchev–Trinajstić information content (AvgIpc) is 3.24. The molecule has 4 rings (SSSR count). The van der Waals surface area contributed by atoms with E-state index in [1.54, 1.807) is 38.3 Å². The number of alkyl halides is 3. The van der Waals surface area contributed by atoms with Crippen molar-refractivity contribution in [1.29, 1.82) is 0 Å². The fraction of sp³-hybridized carbons (Fsp3) is 0.481. The topological polar surface area (TPSA) is 91.3 Å². The molecule has 1 saturated heterocycles. The van der Waals surface area contributed by atoms with Gasteiger partial charge in [0, 0.05) is 35.3 Å². The Morgan fingerprint density at radius 2 is 1.72 bits per heavy atom. The lowest BCUT2D eigenvalue weighted by Crippen LogP contribution is -2.53. The molecule has 2 aromatic rings. The molecule has 2 amide bonds. The van der Waals surface area contributed by atoms with Gasteiger partial charge in [0.25, 0.3) is 0 Å². The quantitative estimate of drug-likeness (QED) is 0.504. The largest absolute Gasteiger partial charge is 0.493 e. The van der Waals surface area contributed by atoms with Gasteiger partial charge in [-0.15, -0.1) is 0 Å². The lowest BCUT2D eigenvalue weighted by atomic mass is 9.65. The van der Waals surface area contributed by atoms with E-state index in [1.807, 2.05) is 18.2 Å². The van der Waals surface area contributed by atoms with Crippen LogP contribution in [-0.2, 0) is 10.2 Å². The van der Waals surface area contributed by atoms with Crippen LogP contribution in [0.4, 0.5) is 23.7 Å². The number of carboxylic acid groups (broad SMARTS) is 1. The lowest BCUT2D eigenvalue weighted by molar-refractivity contribution is -0.192. The van der Waals surface area contributed by atoms with E-state index in [0.717, 1.165) is 49.4 Å². The van der Waals surface area contributed by atoms with Crippen LogP contribution in [0.1, 0.15) is 31.2 Å². The zero-order chi connectivity index (χ0) is 29.0. The van der Waals surface area contributed by atoms with Crippen molar-refractivity contribution in [3.63, 3.8) is 0 Å². The molecule has 214 valence electrons. The van der Waals surface area contributed by atoms with E-state index >= 15 is 0 Å². The second kappa shape index (κ2) is 12.3. The minimum absolute atomic E-state index is 0.0671. The number of carboxylic acids is 1. The summed E-state index contributed by atoms with van der Waals surface area (Å²) in [5, 5.41) is 11.0. The highest BCUT2D eigenvalue weighted by molar-refractivity contribution is 6.30. The highest BCUT2D eigenvalue weighted by Crippen LogP contribution is 2.49. The number of carbonyl (C=O) groups excluding carboxylic acids is 1. The molecule has 2 N–H and O–H groups in total. The molecule has 1 aliphatic heterocycles. The highest BCUT2D eigenvalue weighted by Gasteiger charge is 2.50. The summed E-state index contributed by atoms with van der Waals surface area (Å²) < 4.78 is 42.8. The minimum Gasteiger partial charge on any atom is -0.493 e. The third kappa shape index (κ3) is 6.88. The van der Waals surface area contributed by atoms with Gasteiger partial charge in [-0.3, -0.25) is 4.90 Å². The Bertz CT molecular complexity index is 1160. The van der Waals surface area contributed by atoms with Crippen molar-refractivity contribution in [2.75, 3.05) is 39.8 Å². The third-order valence-corrected chi connectivity index (χ3v) is 7.83. The van der Waals surface area contributed by atoms with E-state index in [4.69, 9.17) is 31.0 Å². The smallest absolute Gasteiger partial charge is 0.490 e. The number of rotatable bonds is 5. The minimum atomic E-state index is -5.08. The molecule has 1 heterocycles. The van der Waals surface area contributed by atoms with Gasteiger partial charge < -0.3 is 24.8 Å². The summed E-state index contributed by atoms with van der Waals surface area (Å²) in [6.07, 6.45) is -1.09. The number of nitrogens with zero attached hydrogens (tertiary/aromatic N) is 2. The van der Waals surface area contributed by atoms with Crippen molar-refractivity contribution in [2.24, 2.45) is 0 Å². The Morgan fingerprint density at radius 1 is 1.10 bits per heavy atom. The lowest BCUT2D eigenvalue weighted by Gasteiger charge is -2.45. The first-order valence-electron chi connectivity index (χ1n) is 12.3. The molecule has 2 aromatic carbocycles. The number of fused-ring (bicyclic) bond motifs is 1. The normalized spacial score (nSPS) is 22.7. The van der Waals surface area contributed by atoms with Crippen LogP contribution in [0, 0.1) is 0 Å². The standard InChI is InChI=1S/C25H32ClN3O3.C2HF3O2/c1-28-14-13-25(17-5-10-21(31-3)22(15-17)32-4)12-11-19(16-23(25)28)27-24(30)29(2)20-8-6-18(26)7-9-20;3-2(4,5)1(6)7/h5-10,15,19,23H,11-14,16H2,1-4H3,(H,27,30);(H,6,7). The molecule has 0 aromatic heterocycles. The second-order valence-corrected chi connectivity index (χ2v) is 10.2. The molecule has 8 nitrogen and oxygen atoms in total. The summed E-state index contributed by atoms with van der Waals surface area (Å²) >= 11 is 5.98. The summed E-state index contributed by atoms with van der Waals surface area (Å²) in [5.74, 6) is -1.23. The van der Waals surface area contributed by atoms with Gasteiger partial charge in [0.05, 0.1) is 14.2 Å². The van der Waals surface area contributed by atoms with Crippen molar-refractivity contribution in [1.82, 2.24) is 10.2 Å². The molecule has 1 saturated carbocycles. The first-order chi connectivity index (χ1) is 18.3. The van der Waals surface area contributed by atoms with Crippen LogP contribution in [0.3, 0.4) is 0 Å². The molecule has 0 bridgehead atoms. The number of nitrogens with one attached hydrogen (secondary N) is 1. The van der Waals surface area contributed by atoms with E-state index < -0.39 is 12.1 Å². The zero-order valence-electron chi connectivity index (χ0n) is 22.2. The molecular weight excluding hydrogens is 539 g/mol. The number of urea groups is 1. The first-order valence-corrected chi connectivity index (χ1v) is 12.7. The number of hydrogen-bond acceptors (Lipinski definition) is 5. The van der Waals surface area contributed by atoms with Crippen molar-refractivity contribution < 1.29 is 37.3 Å². The number of likely N-dealkylation sites (N-methyl/N-ethyl adjacent to an activating group) is 1. The Hall–Kier alpha value is -3.18. The number of benzene rings is 2. The number of carbonyl (C=O) groups is 2. The Balaban J connectivity index is 0.000000532. The maximum Gasteiger partial charge on any atom is 0.490 e. The molecule has 0 radical (unpaired) electrons. The number of anilines is 1. The molecule has 1 aliphatic carbocycles. The van der Waals surface area contributed by atoms with Gasteiger partial charge in [-0.05, 0) is 81.2 Å². The number of aliphatic carboxylic acids is 1. The Kier molecular flexibility index (Phi) is 9.60. The van der Waals surface area contributed by atoms with Gasteiger partial charge in [-0.1, -0.05) is 17.7 Å². The van der Waals surface area contributed by atoms with Gasteiger partial charge in [0.2, 0.25) is 0 Å². The molecule has 39 heavy (non-hydrogen) atoms. The van der Waals surface area contributed by atoms with Crippen molar-refractivity contribution in [3.05, 3.63) is 53.1 Å². The number of hydrogen-bond donors (Lipinski definition) is 2. The predicted octanol–water partition coefficient (Wildman–Crippen LogP) is 5.33. The van der Waals surface area contributed by atoms with E-state index in [0.29, 0.717) is 11.1 Å². The number of likely N-dealkylation sites (tertiary alicyclic amines) is 1. The van der Waals surface area contributed by atoms with Crippen LogP contribution >= 0.6 is 11.6 Å². The molecule has 2 aliphatic rings. The van der Waals surface area contributed by atoms with E-state index in [-0.39, 0.29) is 17.5 Å². The number of amides is 2. The molecule has 2 fully saturated rings. The maximum atomic E-state index is 12.9. The monoisotopic (exact) mass is 571 g/mol. The van der Waals surface area contributed by atoms with E-state index in [1.165, 1.54) is 5.56 Å². The summed E-state index contributed by atoms with van der Waals surface area (Å²) in [4.78, 5) is 25.9. The van der Waals surface area contributed by atoms with Gasteiger partial charge in [0.15, 0.2) is 11.5 Å². The predicted molar refractivity (Wildman–Crippen MR) is 142 cm³/mol. The second-order valence-electron chi connectivity index (χ2n) is 9.73. The van der Waals surface area contributed by atoms with Gasteiger partial charge in [0.1, 0.15) is 0 Å². The van der Waals surface area contributed by atoms with Gasteiger partial charge in [-0.2, -0.15) is 13.2 Å². The molecule has 0 spiro atoms. The van der Waals surface area contributed by atoms with Crippen molar-refractivity contribution in [2.45, 2.75) is 49.4 Å². The van der Waals surface area contributed by atoms with Crippen LogP contribution in [0.15, 0.2) is 42.5 Å². The number of ether oxygens (including phenoxy) is 2.